The minimum atomic E-state index is -4.75. The van der Waals surface area contributed by atoms with E-state index in [1.807, 2.05) is 0 Å². The number of aromatic hydroxyl groups is 2. The number of nitrogens with one attached hydrogen (secondary N) is 1. The summed E-state index contributed by atoms with van der Waals surface area (Å²) in [4.78, 5) is 37.1. The van der Waals surface area contributed by atoms with Crippen LogP contribution in [0.3, 0.4) is 0 Å². The molecule has 6 N–H and O–H groups in total. The van der Waals surface area contributed by atoms with E-state index in [4.69, 9.17) is 9.79 Å². The third kappa shape index (κ3) is 6.54. The summed E-state index contributed by atoms with van der Waals surface area (Å²) in [6.45, 7) is 0.452. The number of phenolic OH excluding ortho intramolecular Hbond substituents is 1. The molecule has 0 spiro atoms. The molecule has 0 amide bonds. The van der Waals surface area contributed by atoms with Crippen LogP contribution in [0.25, 0.3) is 0 Å². The molecule has 0 atom stereocenters. The molecular weight excluding hydrogens is 405 g/mol. The molecule has 0 unspecified atom stereocenters. The second-order valence-electron chi connectivity index (χ2n) is 5.90. The van der Waals surface area contributed by atoms with Crippen LogP contribution in [-0.4, -0.2) is 48.3 Å². The van der Waals surface area contributed by atoms with Crippen molar-refractivity contribution in [1.82, 2.24) is 4.98 Å². The van der Waals surface area contributed by atoms with Gasteiger partial charge in [-0.05, 0) is 19.1 Å². The van der Waals surface area contributed by atoms with Gasteiger partial charge in [-0.3, -0.25) is 14.5 Å². The molecule has 0 bridgehead atoms. The van der Waals surface area contributed by atoms with Crippen molar-refractivity contribution in [3.63, 3.8) is 0 Å². The first-order valence-corrected chi connectivity index (χ1v) is 9.76. The van der Waals surface area contributed by atoms with Crippen molar-refractivity contribution in [3.8, 4) is 11.5 Å². The summed E-state index contributed by atoms with van der Waals surface area (Å²) in [5.74, 6) is -1.65. The Morgan fingerprint density at radius 1 is 1.28 bits per heavy atom. The van der Waals surface area contributed by atoms with Gasteiger partial charge < -0.3 is 30.4 Å². The molecule has 0 aliphatic carbocycles. The molecule has 0 radical (unpaired) electrons. The lowest BCUT2D eigenvalue weighted by Crippen LogP contribution is -2.23. The van der Waals surface area contributed by atoms with Gasteiger partial charge in [0.25, 0.3) is 0 Å². The first-order valence-electron chi connectivity index (χ1n) is 8.23. The number of nitrogens with zero attached hydrogens (tertiary/aromatic N) is 2. The number of hydrogen-bond acceptors (Lipinski definition) is 8. The third-order valence-electron chi connectivity index (χ3n) is 3.84. The number of carbonyl (C=O) groups is 1. The lowest BCUT2D eigenvalue weighted by molar-refractivity contribution is -0.129. The maximum Gasteiger partial charge on any atom is 0.469 e. The number of carboxylic acid groups (broad SMARTS) is 1. The second kappa shape index (κ2) is 9.48. The Balaban J connectivity index is 2.23. The number of phosphoric ester groups is 1. The van der Waals surface area contributed by atoms with Crippen LogP contribution in [0.15, 0.2) is 35.5 Å². The fourth-order valence-electron chi connectivity index (χ4n) is 2.31. The highest BCUT2D eigenvalue weighted by Crippen LogP contribution is 2.38. The van der Waals surface area contributed by atoms with E-state index in [-0.39, 0.29) is 47.1 Å². The number of aliphatic carboxylic acids is 1. The van der Waals surface area contributed by atoms with Crippen LogP contribution in [0.5, 0.6) is 11.5 Å². The van der Waals surface area contributed by atoms with E-state index in [0.29, 0.717) is 5.69 Å². The lowest BCUT2D eigenvalue weighted by atomic mass is 10.1. The van der Waals surface area contributed by atoms with Gasteiger partial charge in [-0.15, -0.1) is 0 Å². The first kappa shape index (κ1) is 22.3. The van der Waals surface area contributed by atoms with Gasteiger partial charge in [-0.2, -0.15) is 0 Å². The van der Waals surface area contributed by atoms with Crippen LogP contribution < -0.4 is 5.32 Å². The average molecular weight is 425 g/mol. The molecule has 0 aliphatic rings. The number of aliphatic imine (C=N–C) groups is 1. The van der Waals surface area contributed by atoms with Crippen molar-refractivity contribution in [2.45, 2.75) is 20.1 Å². The molecule has 12 heteroatoms. The minimum absolute atomic E-state index is 0.0588. The van der Waals surface area contributed by atoms with Crippen molar-refractivity contribution in [2.24, 2.45) is 4.99 Å². The zero-order valence-electron chi connectivity index (χ0n) is 15.3. The van der Waals surface area contributed by atoms with Gasteiger partial charge in [0.2, 0.25) is 0 Å². The topological polar surface area (TPSA) is 182 Å². The highest BCUT2D eigenvalue weighted by Gasteiger charge is 2.19. The molecule has 0 saturated heterocycles. The second-order valence-corrected chi connectivity index (χ2v) is 7.14. The highest BCUT2D eigenvalue weighted by atomic mass is 31.2. The Morgan fingerprint density at radius 3 is 2.59 bits per heavy atom. The van der Waals surface area contributed by atoms with E-state index >= 15 is 0 Å². The largest absolute Gasteiger partial charge is 0.506 e. The number of phenols is 1. The maximum atomic E-state index is 11.5. The Morgan fingerprint density at radius 2 is 1.97 bits per heavy atom. The number of carboxylic acids is 1. The van der Waals surface area contributed by atoms with E-state index in [1.165, 1.54) is 19.2 Å². The van der Waals surface area contributed by atoms with E-state index < -0.39 is 20.4 Å². The molecule has 1 aromatic heterocycles. The van der Waals surface area contributed by atoms with Gasteiger partial charge in [-0.1, -0.05) is 12.1 Å². The molecule has 2 rings (SSSR count). The van der Waals surface area contributed by atoms with Crippen molar-refractivity contribution in [3.05, 3.63) is 47.3 Å². The lowest BCUT2D eigenvalue weighted by Gasteiger charge is -2.13. The number of aryl methyl sites for hydroxylation is 1. The van der Waals surface area contributed by atoms with Gasteiger partial charge in [0.1, 0.15) is 17.2 Å². The van der Waals surface area contributed by atoms with Gasteiger partial charge >= 0.3 is 13.8 Å². The van der Waals surface area contributed by atoms with E-state index in [2.05, 4.69) is 19.8 Å². The van der Waals surface area contributed by atoms with Crippen LogP contribution in [0.2, 0.25) is 0 Å². The van der Waals surface area contributed by atoms with Crippen LogP contribution >= 0.6 is 7.82 Å². The summed E-state index contributed by atoms with van der Waals surface area (Å²) < 4.78 is 15.4. The summed E-state index contributed by atoms with van der Waals surface area (Å²) in [6.07, 6.45) is 1.26. The predicted octanol–water partition coefficient (Wildman–Crippen LogP) is 1.55. The van der Waals surface area contributed by atoms with E-state index in [1.54, 1.807) is 18.2 Å². The van der Waals surface area contributed by atoms with Crippen LogP contribution in [0, 0.1) is 6.92 Å². The van der Waals surface area contributed by atoms with Crippen molar-refractivity contribution in [2.75, 3.05) is 11.9 Å². The number of benzene rings is 1. The molecule has 11 nitrogen and oxygen atoms in total. The van der Waals surface area contributed by atoms with E-state index in [0.717, 1.165) is 0 Å². The third-order valence-corrected chi connectivity index (χ3v) is 4.31. The molecule has 1 heterocycles. The molecule has 0 fully saturated rings. The molecular formula is C17H20N3O8P. The zero-order chi connectivity index (χ0) is 21.6. The number of para-hydroxylation sites is 2. The van der Waals surface area contributed by atoms with Crippen LogP contribution in [-0.2, 0) is 27.0 Å². The predicted molar refractivity (Wildman–Crippen MR) is 103 cm³/mol. The number of pyridine rings is 1. The van der Waals surface area contributed by atoms with Crippen LogP contribution in [0.1, 0.15) is 16.8 Å². The van der Waals surface area contributed by atoms with Crippen molar-refractivity contribution < 1.29 is 39.0 Å². The Kier molecular flexibility index (Phi) is 7.29. The maximum absolute atomic E-state index is 11.5. The van der Waals surface area contributed by atoms with Gasteiger partial charge in [-0.25, -0.2) is 9.36 Å². The Hall–Kier alpha value is -2.98. The number of phosphoric acid groups is 1. The number of aromatic nitrogens is 1. The van der Waals surface area contributed by atoms with Crippen molar-refractivity contribution in [1.29, 1.82) is 0 Å². The molecule has 0 aliphatic heterocycles. The SMILES string of the molecule is Cc1ncc(COP(=O)(O)O)c(CN=C(CNc2ccccc2O)C(=O)O)c1O. The Bertz CT molecular complexity index is 973. The molecule has 2 aromatic rings. The standard InChI is InChI=1S/C17H20N3O8P/c1-10-16(22)12(11(6-18-10)9-28-29(25,26)27)7-19-14(17(23)24)8-20-13-4-2-3-5-15(13)21/h2-6,20-22H,7-9H2,1H3,(H,23,24)(H2,25,26,27). The quantitative estimate of drug-likeness (QED) is 0.196. The Labute approximate surface area is 165 Å². The fourth-order valence-corrected chi connectivity index (χ4v) is 2.62. The summed E-state index contributed by atoms with van der Waals surface area (Å²) >= 11 is 0. The smallest absolute Gasteiger partial charge is 0.469 e. The minimum Gasteiger partial charge on any atom is -0.506 e. The monoisotopic (exact) mass is 425 g/mol. The normalized spacial score (nSPS) is 12.0. The van der Waals surface area contributed by atoms with Gasteiger partial charge in [0.15, 0.2) is 0 Å². The summed E-state index contributed by atoms with van der Waals surface area (Å²) in [6, 6.07) is 6.27. The molecule has 1 aromatic carbocycles. The fraction of sp³-hybridized carbons (Fsp3) is 0.235. The highest BCUT2D eigenvalue weighted by molar-refractivity contribution is 7.46. The molecule has 156 valence electrons. The summed E-state index contributed by atoms with van der Waals surface area (Å²) in [7, 11) is -4.75. The summed E-state index contributed by atoms with van der Waals surface area (Å²) in [5, 5.41) is 32.1. The zero-order valence-corrected chi connectivity index (χ0v) is 16.2. The summed E-state index contributed by atoms with van der Waals surface area (Å²) in [5.41, 5.74) is 0.550. The average Bonchev–Trinajstić information content (AvgIpc) is 2.64. The molecule has 29 heavy (non-hydrogen) atoms. The van der Waals surface area contributed by atoms with Crippen LogP contribution in [0.4, 0.5) is 5.69 Å². The first-order chi connectivity index (χ1) is 13.6. The van der Waals surface area contributed by atoms with Crippen molar-refractivity contribution >= 4 is 25.2 Å². The van der Waals surface area contributed by atoms with Gasteiger partial charge in [0.05, 0.1) is 31.1 Å². The number of hydrogen-bond donors (Lipinski definition) is 6. The van der Waals surface area contributed by atoms with E-state index in [9.17, 15) is 24.7 Å². The molecule has 0 saturated carbocycles. The number of rotatable bonds is 9. The number of anilines is 1. The van der Waals surface area contributed by atoms with Gasteiger partial charge in [0, 0.05) is 17.3 Å².